The van der Waals surface area contributed by atoms with Gasteiger partial charge in [-0.2, -0.15) is 10.4 Å². The van der Waals surface area contributed by atoms with Gasteiger partial charge in [-0.15, -0.1) is 8.78 Å². The van der Waals surface area contributed by atoms with Crippen molar-refractivity contribution in [2.45, 2.75) is 31.9 Å². The summed E-state index contributed by atoms with van der Waals surface area (Å²) in [6.07, 6.45) is -2.87. The number of rotatable bonds is 7. The van der Waals surface area contributed by atoms with Gasteiger partial charge in [0, 0.05) is 18.0 Å². The standard InChI is InChI=1S/C26H21F3N6O4/c1-25(2,37)23(27)13-32-24(36)17-12-31-19(20-5-4-16-7-14(10-30)11-33-35(16)20)9-18(17)34-15-3-6-21-22(8-15)39-26(28,29)38-21/h3-9,11-12,23,37H,13H2,1-2H3,(H,31,34)(H,32,36). The fourth-order valence-electron chi connectivity index (χ4n) is 3.84. The number of hydrogen-bond acceptors (Lipinski definition) is 8. The molecule has 0 spiro atoms. The van der Waals surface area contributed by atoms with E-state index in [1.165, 1.54) is 44.4 Å². The zero-order chi connectivity index (χ0) is 27.9. The third-order valence-electron chi connectivity index (χ3n) is 5.93. The van der Waals surface area contributed by atoms with E-state index in [9.17, 15) is 23.1 Å². The Balaban J connectivity index is 1.51. The first-order valence-electron chi connectivity index (χ1n) is 11.6. The number of benzene rings is 1. The molecule has 10 nitrogen and oxygen atoms in total. The lowest BCUT2D eigenvalue weighted by Gasteiger charge is -2.22. The maximum absolute atomic E-state index is 14.3. The Kier molecular flexibility index (Phi) is 6.27. The monoisotopic (exact) mass is 538 g/mol. The average molecular weight is 538 g/mol. The van der Waals surface area contributed by atoms with E-state index in [-0.39, 0.29) is 28.4 Å². The van der Waals surface area contributed by atoms with Gasteiger partial charge in [0.15, 0.2) is 11.5 Å². The molecule has 4 heterocycles. The van der Waals surface area contributed by atoms with Crippen molar-refractivity contribution >= 4 is 22.8 Å². The molecule has 200 valence electrons. The minimum absolute atomic E-state index is 0.0188. The summed E-state index contributed by atoms with van der Waals surface area (Å²) < 4.78 is 51.7. The van der Waals surface area contributed by atoms with Gasteiger partial charge in [-0.1, -0.05) is 0 Å². The molecule has 3 N–H and O–H groups in total. The topological polar surface area (TPSA) is 134 Å². The molecular formula is C26H21F3N6O4. The maximum Gasteiger partial charge on any atom is 0.586 e. The summed E-state index contributed by atoms with van der Waals surface area (Å²) in [5, 5.41) is 28.7. The highest BCUT2D eigenvalue weighted by molar-refractivity contribution is 6.00. The van der Waals surface area contributed by atoms with Crippen LogP contribution in [0.15, 0.2) is 54.9 Å². The van der Waals surface area contributed by atoms with Crippen LogP contribution in [0.5, 0.6) is 11.5 Å². The second kappa shape index (κ2) is 9.48. The van der Waals surface area contributed by atoms with Gasteiger partial charge in [0.05, 0.1) is 52.1 Å². The number of aliphatic hydroxyl groups is 1. The number of carbonyl (C=O) groups excluding carboxylic acids is 1. The second-order valence-corrected chi connectivity index (χ2v) is 9.31. The number of pyridine rings is 1. The number of hydrogen-bond donors (Lipinski definition) is 3. The summed E-state index contributed by atoms with van der Waals surface area (Å²) in [6, 6.07) is 12.7. The Morgan fingerprint density at radius 2 is 1.95 bits per heavy atom. The SMILES string of the molecule is CC(C)(O)C(F)CNC(=O)c1cnc(-c2ccc3cc(C#N)cnn23)cc1Nc1ccc2c(c1)OC(F)(F)O2. The number of alkyl halides is 3. The Morgan fingerprint density at radius 3 is 2.69 bits per heavy atom. The smallest absolute Gasteiger partial charge is 0.395 e. The van der Waals surface area contributed by atoms with Crippen molar-refractivity contribution < 1.29 is 32.5 Å². The van der Waals surface area contributed by atoms with Crippen molar-refractivity contribution in [3.05, 3.63) is 66.0 Å². The number of nitriles is 1. The number of fused-ring (bicyclic) bond motifs is 2. The predicted molar refractivity (Wildman–Crippen MR) is 133 cm³/mol. The first-order chi connectivity index (χ1) is 18.4. The predicted octanol–water partition coefficient (Wildman–Crippen LogP) is 4.17. The Hall–Kier alpha value is -4.83. The van der Waals surface area contributed by atoms with E-state index in [1.54, 1.807) is 28.8 Å². The van der Waals surface area contributed by atoms with Crippen LogP contribution in [-0.2, 0) is 0 Å². The Labute approximate surface area is 219 Å². The number of anilines is 2. The Bertz CT molecular complexity index is 1630. The molecule has 5 rings (SSSR count). The molecule has 39 heavy (non-hydrogen) atoms. The third kappa shape index (κ3) is 5.27. The van der Waals surface area contributed by atoms with Crippen molar-refractivity contribution in [3.8, 4) is 29.0 Å². The van der Waals surface area contributed by atoms with Crippen LogP contribution >= 0.6 is 0 Å². The van der Waals surface area contributed by atoms with E-state index in [1.807, 2.05) is 6.07 Å². The molecule has 1 aliphatic rings. The van der Waals surface area contributed by atoms with E-state index >= 15 is 0 Å². The van der Waals surface area contributed by atoms with Crippen molar-refractivity contribution in [1.29, 1.82) is 5.26 Å². The normalized spacial score (nSPS) is 14.6. The van der Waals surface area contributed by atoms with Crippen LogP contribution in [0.25, 0.3) is 16.9 Å². The van der Waals surface area contributed by atoms with Crippen molar-refractivity contribution in [2.75, 3.05) is 11.9 Å². The van der Waals surface area contributed by atoms with Gasteiger partial charge >= 0.3 is 6.29 Å². The van der Waals surface area contributed by atoms with E-state index in [0.29, 0.717) is 22.5 Å². The summed E-state index contributed by atoms with van der Waals surface area (Å²) in [5.74, 6) is -1.04. The molecule has 1 atom stereocenters. The van der Waals surface area contributed by atoms with Gasteiger partial charge in [0.2, 0.25) is 0 Å². The van der Waals surface area contributed by atoms with Crippen LogP contribution in [0.2, 0.25) is 0 Å². The van der Waals surface area contributed by atoms with Crippen LogP contribution in [0.4, 0.5) is 24.5 Å². The molecule has 1 aromatic carbocycles. The summed E-state index contributed by atoms with van der Waals surface area (Å²) in [5.41, 5.74) is 0.798. The van der Waals surface area contributed by atoms with Crippen molar-refractivity contribution in [2.24, 2.45) is 0 Å². The van der Waals surface area contributed by atoms with Gasteiger partial charge in [-0.25, -0.2) is 8.91 Å². The lowest BCUT2D eigenvalue weighted by molar-refractivity contribution is -0.286. The fraction of sp³-hybridized carbons (Fsp3) is 0.231. The summed E-state index contributed by atoms with van der Waals surface area (Å²) in [6.45, 7) is 2.11. The van der Waals surface area contributed by atoms with Gasteiger partial charge in [-0.3, -0.25) is 9.78 Å². The number of nitrogens with one attached hydrogen (secondary N) is 2. The number of halogens is 3. The second-order valence-electron chi connectivity index (χ2n) is 9.31. The van der Waals surface area contributed by atoms with Crippen LogP contribution in [-0.4, -0.2) is 50.2 Å². The van der Waals surface area contributed by atoms with Crippen molar-refractivity contribution in [1.82, 2.24) is 19.9 Å². The number of carbonyl (C=O) groups is 1. The van der Waals surface area contributed by atoms with Crippen molar-refractivity contribution in [3.63, 3.8) is 0 Å². The van der Waals surface area contributed by atoms with E-state index < -0.39 is 30.5 Å². The quantitative estimate of drug-likeness (QED) is 0.319. The number of aromatic nitrogens is 3. The maximum atomic E-state index is 14.3. The molecule has 0 radical (unpaired) electrons. The van der Waals surface area contributed by atoms with Gasteiger partial charge < -0.3 is 25.2 Å². The number of nitrogens with zero attached hydrogens (tertiary/aromatic N) is 4. The first-order valence-corrected chi connectivity index (χ1v) is 11.6. The van der Waals surface area contributed by atoms with Crippen LogP contribution < -0.4 is 20.1 Å². The zero-order valence-corrected chi connectivity index (χ0v) is 20.6. The lowest BCUT2D eigenvalue weighted by atomic mass is 10.0. The lowest BCUT2D eigenvalue weighted by Crippen LogP contribution is -2.42. The molecule has 1 aliphatic heterocycles. The molecule has 0 saturated carbocycles. The van der Waals surface area contributed by atoms with Gasteiger partial charge in [0.25, 0.3) is 5.91 Å². The average Bonchev–Trinajstić information content (AvgIpc) is 3.44. The minimum Gasteiger partial charge on any atom is -0.395 e. The van der Waals surface area contributed by atoms with Crippen LogP contribution in [0, 0.1) is 11.3 Å². The largest absolute Gasteiger partial charge is 0.586 e. The minimum atomic E-state index is -3.80. The molecule has 3 aromatic heterocycles. The molecule has 1 unspecified atom stereocenters. The van der Waals surface area contributed by atoms with Gasteiger partial charge in [-0.05, 0) is 50.2 Å². The highest BCUT2D eigenvalue weighted by atomic mass is 19.3. The molecule has 4 aromatic rings. The molecule has 1 amide bonds. The summed E-state index contributed by atoms with van der Waals surface area (Å²) >= 11 is 0. The van der Waals surface area contributed by atoms with Crippen LogP contribution in [0.3, 0.4) is 0 Å². The van der Waals surface area contributed by atoms with Gasteiger partial charge in [0.1, 0.15) is 12.2 Å². The number of amides is 1. The first kappa shape index (κ1) is 25.8. The van der Waals surface area contributed by atoms with E-state index in [4.69, 9.17) is 5.26 Å². The molecule has 0 aliphatic carbocycles. The highest BCUT2D eigenvalue weighted by Crippen LogP contribution is 2.43. The molecular weight excluding hydrogens is 517 g/mol. The van der Waals surface area contributed by atoms with E-state index in [2.05, 4.69) is 30.2 Å². The zero-order valence-electron chi connectivity index (χ0n) is 20.6. The van der Waals surface area contributed by atoms with E-state index in [0.717, 1.165) is 0 Å². The molecule has 0 fully saturated rings. The van der Waals surface area contributed by atoms with Crippen LogP contribution in [0.1, 0.15) is 29.8 Å². The summed E-state index contributed by atoms with van der Waals surface area (Å²) in [4.78, 5) is 17.4. The highest BCUT2D eigenvalue weighted by Gasteiger charge is 2.43. The Morgan fingerprint density at radius 1 is 1.18 bits per heavy atom. The summed E-state index contributed by atoms with van der Waals surface area (Å²) in [7, 11) is 0. The number of ether oxygens (including phenoxy) is 2. The fourth-order valence-corrected chi connectivity index (χ4v) is 3.84. The molecule has 0 bridgehead atoms. The third-order valence-corrected chi connectivity index (χ3v) is 5.93. The molecule has 0 saturated heterocycles. The molecule has 13 heteroatoms.